The molecule has 1 aromatic carbocycles. The molecule has 1 amide bonds. The molecule has 1 atom stereocenters. The highest BCUT2D eigenvalue weighted by molar-refractivity contribution is 5.79. The topological polar surface area (TPSA) is 108 Å². The lowest BCUT2D eigenvalue weighted by Gasteiger charge is -2.15. The normalized spacial score (nSPS) is 16.9. The molecule has 0 radical (unpaired) electrons. The van der Waals surface area contributed by atoms with Crippen LogP contribution in [0.25, 0.3) is 22.8 Å². The molecule has 28 heavy (non-hydrogen) atoms. The Labute approximate surface area is 158 Å². The van der Waals surface area contributed by atoms with Crippen molar-refractivity contribution in [1.82, 2.24) is 19.6 Å². The molecule has 0 aliphatic carbocycles. The number of aromatic nitrogens is 3. The highest BCUT2D eigenvalue weighted by Crippen LogP contribution is 2.27. The summed E-state index contributed by atoms with van der Waals surface area (Å²) in [7, 11) is 0. The lowest BCUT2D eigenvalue weighted by atomic mass is 10.1. The molecule has 1 saturated heterocycles. The lowest BCUT2D eigenvalue weighted by Crippen LogP contribution is -2.34. The van der Waals surface area contributed by atoms with Crippen molar-refractivity contribution in [2.75, 3.05) is 13.1 Å². The molecule has 0 saturated carbocycles. The van der Waals surface area contributed by atoms with E-state index >= 15 is 0 Å². The second kappa shape index (κ2) is 6.52. The number of carbonyl (C=O) groups excluding carboxylic acids is 1. The van der Waals surface area contributed by atoms with Crippen LogP contribution >= 0.6 is 0 Å². The van der Waals surface area contributed by atoms with E-state index in [4.69, 9.17) is 13.4 Å². The first-order chi connectivity index (χ1) is 13.7. The Kier molecular flexibility index (Phi) is 3.85. The van der Waals surface area contributed by atoms with Crippen LogP contribution in [0.15, 0.2) is 60.8 Å². The van der Waals surface area contributed by atoms with Crippen LogP contribution in [0.2, 0.25) is 0 Å². The van der Waals surface area contributed by atoms with Crippen LogP contribution in [0.3, 0.4) is 0 Å². The number of oxazole rings is 1. The van der Waals surface area contributed by atoms with Crippen LogP contribution in [0.5, 0.6) is 0 Å². The molecule has 9 heteroatoms. The maximum atomic E-state index is 12.7. The van der Waals surface area contributed by atoms with Crippen molar-refractivity contribution < 1.29 is 18.2 Å². The summed E-state index contributed by atoms with van der Waals surface area (Å²) in [6.07, 6.45) is 2.26. The number of para-hydroxylation sites is 2. The number of carbonyl (C=O) groups is 1. The van der Waals surface area contributed by atoms with Gasteiger partial charge in [0.15, 0.2) is 17.2 Å². The summed E-state index contributed by atoms with van der Waals surface area (Å²) < 4.78 is 17.1. The summed E-state index contributed by atoms with van der Waals surface area (Å²) in [5.41, 5.74) is 1.08. The van der Waals surface area contributed by atoms with E-state index in [0.717, 1.165) is 6.42 Å². The number of hydrogen-bond donors (Lipinski definition) is 0. The quantitative estimate of drug-likeness (QED) is 0.534. The van der Waals surface area contributed by atoms with Gasteiger partial charge in [-0.1, -0.05) is 17.3 Å². The van der Waals surface area contributed by atoms with Crippen molar-refractivity contribution in [2.45, 2.75) is 18.9 Å². The average molecular weight is 380 g/mol. The summed E-state index contributed by atoms with van der Waals surface area (Å²) in [5.74, 6) is 0.677. The number of amides is 1. The summed E-state index contributed by atoms with van der Waals surface area (Å²) in [4.78, 5) is 30.9. The van der Waals surface area contributed by atoms with Crippen LogP contribution < -0.4 is 5.76 Å². The predicted molar refractivity (Wildman–Crippen MR) is 96.4 cm³/mol. The van der Waals surface area contributed by atoms with Gasteiger partial charge in [0.25, 0.3) is 5.89 Å². The molecule has 9 nitrogen and oxygen atoms in total. The number of benzene rings is 1. The Morgan fingerprint density at radius 2 is 2.11 bits per heavy atom. The third kappa shape index (κ3) is 2.81. The first kappa shape index (κ1) is 16.5. The number of nitrogens with zero attached hydrogens (tertiary/aromatic N) is 4. The van der Waals surface area contributed by atoms with E-state index in [-0.39, 0.29) is 18.4 Å². The third-order valence-corrected chi connectivity index (χ3v) is 4.95. The van der Waals surface area contributed by atoms with Crippen molar-refractivity contribution in [1.29, 1.82) is 0 Å². The van der Waals surface area contributed by atoms with E-state index in [1.54, 1.807) is 41.3 Å². The first-order valence-electron chi connectivity index (χ1n) is 8.92. The average Bonchev–Trinajstić information content (AvgIpc) is 3.48. The number of hydrogen-bond acceptors (Lipinski definition) is 7. The number of rotatable bonds is 4. The molecule has 1 aliphatic heterocycles. The zero-order valence-electron chi connectivity index (χ0n) is 14.8. The van der Waals surface area contributed by atoms with Crippen LogP contribution in [0.4, 0.5) is 0 Å². The highest BCUT2D eigenvalue weighted by atomic mass is 16.5. The summed E-state index contributed by atoms with van der Waals surface area (Å²) in [5, 5.41) is 4.02. The minimum Gasteiger partial charge on any atom is -0.459 e. The summed E-state index contributed by atoms with van der Waals surface area (Å²) in [6, 6.07) is 10.5. The van der Waals surface area contributed by atoms with Crippen LogP contribution in [-0.2, 0) is 11.3 Å². The van der Waals surface area contributed by atoms with Crippen LogP contribution in [0.1, 0.15) is 18.2 Å². The standard InChI is InChI=1S/C19H16N4O5/c24-16(11-23-13-4-1-2-5-14(13)27-19(23)25)22-8-7-12(10-22)17-20-18(28-21-17)15-6-3-9-26-15/h1-6,9,12H,7-8,10-11H2/t12-/m0/s1. The number of furan rings is 1. The molecular formula is C19H16N4O5. The van der Waals surface area contributed by atoms with Gasteiger partial charge >= 0.3 is 5.76 Å². The van der Waals surface area contributed by atoms with E-state index < -0.39 is 5.76 Å². The van der Waals surface area contributed by atoms with Crippen molar-refractivity contribution >= 4 is 17.0 Å². The molecule has 0 N–H and O–H groups in total. The predicted octanol–water partition coefficient (Wildman–Crippen LogP) is 2.25. The lowest BCUT2D eigenvalue weighted by molar-refractivity contribution is -0.130. The first-order valence-corrected chi connectivity index (χ1v) is 8.92. The molecule has 0 bridgehead atoms. The van der Waals surface area contributed by atoms with E-state index in [1.807, 2.05) is 0 Å². The van der Waals surface area contributed by atoms with Gasteiger partial charge in [-0.3, -0.25) is 9.36 Å². The van der Waals surface area contributed by atoms with Gasteiger partial charge in [0.1, 0.15) is 6.54 Å². The minimum absolute atomic E-state index is 0.0192. The molecule has 4 aromatic rings. The monoisotopic (exact) mass is 380 g/mol. The van der Waals surface area contributed by atoms with Crippen molar-refractivity contribution in [3.8, 4) is 11.7 Å². The van der Waals surface area contributed by atoms with Gasteiger partial charge in [0.2, 0.25) is 5.91 Å². The Balaban J connectivity index is 1.30. The molecule has 0 unspecified atom stereocenters. The number of fused-ring (bicyclic) bond motifs is 1. The van der Waals surface area contributed by atoms with Crippen LogP contribution in [-0.4, -0.2) is 38.6 Å². The van der Waals surface area contributed by atoms with Gasteiger partial charge < -0.3 is 18.3 Å². The Hall–Kier alpha value is -3.62. The second-order valence-corrected chi connectivity index (χ2v) is 6.68. The Morgan fingerprint density at radius 3 is 2.96 bits per heavy atom. The number of likely N-dealkylation sites (tertiary alicyclic amines) is 1. The second-order valence-electron chi connectivity index (χ2n) is 6.68. The molecule has 1 aliphatic rings. The fourth-order valence-corrected chi connectivity index (χ4v) is 3.50. The Bertz CT molecular complexity index is 1190. The third-order valence-electron chi connectivity index (χ3n) is 4.95. The van der Waals surface area contributed by atoms with Gasteiger partial charge in [-0.15, -0.1) is 0 Å². The van der Waals surface area contributed by atoms with Crippen molar-refractivity contribution in [2.24, 2.45) is 0 Å². The zero-order valence-corrected chi connectivity index (χ0v) is 14.8. The van der Waals surface area contributed by atoms with E-state index in [2.05, 4.69) is 10.1 Å². The van der Waals surface area contributed by atoms with Gasteiger partial charge in [-0.25, -0.2) is 4.79 Å². The molecule has 4 heterocycles. The fraction of sp³-hybridized carbons (Fsp3) is 0.263. The fourth-order valence-electron chi connectivity index (χ4n) is 3.50. The van der Waals surface area contributed by atoms with E-state index in [9.17, 15) is 9.59 Å². The maximum absolute atomic E-state index is 12.7. The molecule has 1 fully saturated rings. The van der Waals surface area contributed by atoms with Gasteiger partial charge in [-0.2, -0.15) is 4.98 Å². The van der Waals surface area contributed by atoms with Gasteiger partial charge in [0, 0.05) is 19.0 Å². The minimum atomic E-state index is -0.536. The largest absolute Gasteiger partial charge is 0.459 e. The van der Waals surface area contributed by atoms with Crippen LogP contribution in [0, 0.1) is 0 Å². The van der Waals surface area contributed by atoms with Crippen molar-refractivity contribution in [3.63, 3.8) is 0 Å². The van der Waals surface area contributed by atoms with Crippen molar-refractivity contribution in [3.05, 3.63) is 59.0 Å². The van der Waals surface area contributed by atoms with Gasteiger partial charge in [0.05, 0.1) is 11.8 Å². The maximum Gasteiger partial charge on any atom is 0.420 e. The molecular weight excluding hydrogens is 364 g/mol. The molecule has 3 aromatic heterocycles. The summed E-state index contributed by atoms with van der Waals surface area (Å²) >= 11 is 0. The molecule has 0 spiro atoms. The molecule has 142 valence electrons. The van der Waals surface area contributed by atoms with E-state index in [0.29, 0.717) is 41.7 Å². The smallest absolute Gasteiger partial charge is 0.420 e. The zero-order chi connectivity index (χ0) is 19.1. The van der Waals surface area contributed by atoms with Gasteiger partial charge in [-0.05, 0) is 30.7 Å². The molecule has 5 rings (SSSR count). The van der Waals surface area contributed by atoms with E-state index in [1.165, 1.54) is 10.8 Å². The Morgan fingerprint density at radius 1 is 1.21 bits per heavy atom. The summed E-state index contributed by atoms with van der Waals surface area (Å²) in [6.45, 7) is 0.978. The SMILES string of the molecule is O=C(Cn1c(=O)oc2ccccc21)N1CC[C@H](c2noc(-c3ccco3)n2)C1. The highest BCUT2D eigenvalue weighted by Gasteiger charge is 2.31.